The van der Waals surface area contributed by atoms with Gasteiger partial charge in [0.15, 0.2) is 5.78 Å². The highest BCUT2D eigenvalue weighted by Gasteiger charge is 2.58. The van der Waals surface area contributed by atoms with E-state index in [9.17, 15) is 14.9 Å². The topological polar surface area (TPSA) is 67.2 Å². The van der Waals surface area contributed by atoms with Gasteiger partial charge in [0.25, 0.3) is 0 Å². The van der Waals surface area contributed by atoms with Crippen LogP contribution in [0.5, 0.6) is 0 Å². The Morgan fingerprint density at radius 1 is 1.20 bits per heavy atom. The molecule has 0 amide bonds. The summed E-state index contributed by atoms with van der Waals surface area (Å²) < 4.78 is 6.39. The van der Waals surface area contributed by atoms with E-state index < -0.39 is 16.9 Å². The maximum Gasteiger partial charge on any atom is 0.306 e. The lowest BCUT2D eigenvalue weighted by molar-refractivity contribution is -0.156. The zero-order valence-corrected chi connectivity index (χ0v) is 19.6. The first-order valence-corrected chi connectivity index (χ1v) is 11.6. The zero-order valence-electron chi connectivity index (χ0n) is 17.2. The molecule has 2 aromatic carbocycles. The molecule has 3 rings (SSSR count). The van der Waals surface area contributed by atoms with Crippen molar-refractivity contribution in [1.82, 2.24) is 0 Å². The molecule has 0 spiro atoms. The van der Waals surface area contributed by atoms with Crippen LogP contribution in [0.1, 0.15) is 48.4 Å². The molecule has 1 aliphatic rings. The number of carbonyl (C=O) groups is 2. The van der Waals surface area contributed by atoms with Gasteiger partial charge in [-0.2, -0.15) is 17.0 Å². The summed E-state index contributed by atoms with van der Waals surface area (Å²) in [7, 11) is 0. The Labute approximate surface area is 190 Å². The third-order valence-corrected chi connectivity index (χ3v) is 7.17. The number of ether oxygens (including phenoxy) is 1. The summed E-state index contributed by atoms with van der Waals surface area (Å²) in [4.78, 5) is 26.4. The van der Waals surface area contributed by atoms with Gasteiger partial charge in [-0.15, -0.1) is 0 Å². The van der Waals surface area contributed by atoms with E-state index in [0.717, 1.165) is 10.0 Å². The van der Waals surface area contributed by atoms with Crippen LogP contribution < -0.4 is 0 Å². The fourth-order valence-corrected chi connectivity index (χ4v) is 6.03. The van der Waals surface area contributed by atoms with Crippen LogP contribution in [-0.2, 0) is 9.53 Å². The first-order chi connectivity index (χ1) is 14.2. The number of nitriles is 1. The third-order valence-electron chi connectivity index (χ3n) is 5.10. The normalized spacial score (nSPS) is 23.6. The van der Waals surface area contributed by atoms with E-state index in [0.29, 0.717) is 11.3 Å². The molecule has 0 N–H and O–H groups in total. The standard InChI is InChI=1S/C24H24BrNO3S/c1-23(2,3)29-20(27)13-18-14-30-22(17-10-7-11-19(25)12-17)24(18,15-26)21(28)16-8-5-4-6-9-16/h4-12,18,22H,13-14H2,1-3H3/t18-,22+,24+/m1/s1. The molecule has 0 saturated carbocycles. The van der Waals surface area contributed by atoms with Gasteiger partial charge in [-0.3, -0.25) is 9.59 Å². The minimum atomic E-state index is -1.36. The highest BCUT2D eigenvalue weighted by Crippen LogP contribution is 2.59. The number of thioether (sulfide) groups is 1. The van der Waals surface area contributed by atoms with Gasteiger partial charge in [-0.25, -0.2) is 0 Å². The molecule has 0 radical (unpaired) electrons. The highest BCUT2D eigenvalue weighted by atomic mass is 79.9. The Kier molecular flexibility index (Phi) is 6.74. The number of Topliss-reactive ketones (excluding diaryl/α,β-unsaturated/α-hetero) is 1. The number of carbonyl (C=O) groups excluding carboxylic acids is 2. The average Bonchev–Trinajstić information content (AvgIpc) is 3.05. The van der Waals surface area contributed by atoms with E-state index in [1.165, 1.54) is 0 Å². The van der Waals surface area contributed by atoms with Crippen LogP contribution in [0.2, 0.25) is 0 Å². The molecule has 0 aromatic heterocycles. The van der Waals surface area contributed by atoms with E-state index in [1.807, 2.05) is 51.1 Å². The number of halogens is 1. The van der Waals surface area contributed by atoms with Crippen molar-refractivity contribution in [1.29, 1.82) is 5.26 Å². The van der Waals surface area contributed by atoms with Crippen molar-refractivity contribution in [3.8, 4) is 6.07 Å². The predicted octanol–water partition coefficient (Wildman–Crippen LogP) is 5.98. The van der Waals surface area contributed by atoms with E-state index in [1.54, 1.807) is 36.0 Å². The van der Waals surface area contributed by atoms with Crippen molar-refractivity contribution in [2.24, 2.45) is 11.3 Å². The number of ketones is 1. The molecular weight excluding hydrogens is 462 g/mol. The van der Waals surface area contributed by atoms with Crippen LogP contribution in [0, 0.1) is 22.7 Å². The van der Waals surface area contributed by atoms with Gasteiger partial charge in [-0.05, 0) is 44.2 Å². The van der Waals surface area contributed by atoms with Gasteiger partial charge in [-0.1, -0.05) is 58.4 Å². The summed E-state index contributed by atoms with van der Waals surface area (Å²) >= 11 is 5.04. The van der Waals surface area contributed by atoms with Gasteiger partial charge < -0.3 is 4.74 Å². The van der Waals surface area contributed by atoms with Gasteiger partial charge in [0.05, 0.1) is 17.7 Å². The van der Waals surface area contributed by atoms with Crippen molar-refractivity contribution in [2.45, 2.75) is 38.0 Å². The van der Waals surface area contributed by atoms with Crippen LogP contribution in [0.4, 0.5) is 0 Å². The minimum Gasteiger partial charge on any atom is -0.460 e. The smallest absolute Gasteiger partial charge is 0.306 e. The van der Waals surface area contributed by atoms with Crippen LogP contribution in [-0.4, -0.2) is 23.1 Å². The molecule has 1 fully saturated rings. The third kappa shape index (κ3) is 4.63. The fourth-order valence-electron chi connectivity index (χ4n) is 3.86. The van der Waals surface area contributed by atoms with E-state index in [-0.39, 0.29) is 23.4 Å². The van der Waals surface area contributed by atoms with Gasteiger partial charge in [0, 0.05) is 16.0 Å². The van der Waals surface area contributed by atoms with Gasteiger partial charge in [0.2, 0.25) is 0 Å². The van der Waals surface area contributed by atoms with Crippen LogP contribution in [0.15, 0.2) is 59.1 Å². The van der Waals surface area contributed by atoms with Crippen LogP contribution >= 0.6 is 27.7 Å². The average molecular weight is 486 g/mol. The first-order valence-electron chi connectivity index (χ1n) is 9.77. The number of esters is 1. The molecule has 30 heavy (non-hydrogen) atoms. The molecule has 1 aliphatic heterocycles. The van der Waals surface area contributed by atoms with Crippen molar-refractivity contribution >= 4 is 39.4 Å². The van der Waals surface area contributed by atoms with Crippen LogP contribution in [0.3, 0.4) is 0 Å². The number of benzene rings is 2. The second-order valence-electron chi connectivity index (χ2n) is 8.43. The second kappa shape index (κ2) is 8.95. The number of nitrogens with zero attached hydrogens (tertiary/aromatic N) is 1. The number of rotatable bonds is 5. The molecule has 1 heterocycles. The molecule has 4 nitrogen and oxygen atoms in total. The van der Waals surface area contributed by atoms with Crippen molar-refractivity contribution in [2.75, 3.05) is 5.75 Å². The Morgan fingerprint density at radius 3 is 2.50 bits per heavy atom. The summed E-state index contributed by atoms with van der Waals surface area (Å²) in [5.74, 6) is -0.542. The SMILES string of the molecule is CC(C)(C)OC(=O)C[C@@H]1CS[C@@H](c2cccc(Br)c2)[C@]1(C#N)C(=O)c1ccccc1. The first kappa shape index (κ1) is 22.6. The maximum absolute atomic E-state index is 13.7. The summed E-state index contributed by atoms with van der Waals surface area (Å²) in [6.45, 7) is 5.43. The molecule has 0 unspecified atom stereocenters. The van der Waals surface area contributed by atoms with Crippen molar-refractivity contribution < 1.29 is 14.3 Å². The lowest BCUT2D eigenvalue weighted by Crippen LogP contribution is -2.40. The minimum absolute atomic E-state index is 0.0287. The van der Waals surface area contributed by atoms with E-state index in [2.05, 4.69) is 22.0 Å². The Balaban J connectivity index is 2.05. The van der Waals surface area contributed by atoms with Crippen LogP contribution in [0.25, 0.3) is 0 Å². The number of hydrogen-bond donors (Lipinski definition) is 0. The quantitative estimate of drug-likeness (QED) is 0.384. The summed E-state index contributed by atoms with van der Waals surface area (Å²) in [6, 6.07) is 18.9. The molecule has 2 aromatic rings. The lowest BCUT2D eigenvalue weighted by atomic mass is 9.67. The number of hydrogen-bond acceptors (Lipinski definition) is 5. The molecule has 156 valence electrons. The Bertz CT molecular complexity index is 980. The van der Waals surface area contributed by atoms with E-state index >= 15 is 0 Å². The largest absolute Gasteiger partial charge is 0.460 e. The molecule has 3 atom stereocenters. The second-order valence-corrected chi connectivity index (χ2v) is 10.5. The summed E-state index contributed by atoms with van der Waals surface area (Å²) in [5.41, 5.74) is -0.600. The Hall–Kier alpha value is -2.10. The fraction of sp³-hybridized carbons (Fsp3) is 0.375. The predicted molar refractivity (Wildman–Crippen MR) is 122 cm³/mol. The summed E-state index contributed by atoms with van der Waals surface area (Å²) in [5, 5.41) is 10.0. The molecule has 1 saturated heterocycles. The van der Waals surface area contributed by atoms with Crippen molar-refractivity contribution in [3.63, 3.8) is 0 Å². The lowest BCUT2D eigenvalue weighted by Gasteiger charge is -2.32. The molecule has 6 heteroatoms. The molecular formula is C24H24BrNO3S. The molecule has 0 aliphatic carbocycles. The maximum atomic E-state index is 13.7. The van der Waals surface area contributed by atoms with Crippen molar-refractivity contribution in [3.05, 3.63) is 70.2 Å². The highest BCUT2D eigenvalue weighted by molar-refractivity contribution is 9.10. The summed E-state index contributed by atoms with van der Waals surface area (Å²) in [6.07, 6.45) is 0.0287. The zero-order chi connectivity index (χ0) is 21.9. The monoisotopic (exact) mass is 485 g/mol. The van der Waals surface area contributed by atoms with Gasteiger partial charge in [0.1, 0.15) is 11.0 Å². The van der Waals surface area contributed by atoms with E-state index in [4.69, 9.17) is 4.74 Å². The molecule has 0 bridgehead atoms. The Morgan fingerprint density at radius 2 is 1.90 bits per heavy atom. The van der Waals surface area contributed by atoms with Gasteiger partial charge >= 0.3 is 5.97 Å².